The Bertz CT molecular complexity index is 1380. The van der Waals surface area contributed by atoms with E-state index in [0.717, 1.165) is 0 Å². The number of carboxylic acids is 1. The Morgan fingerprint density at radius 1 is 0.674 bits per heavy atom. The van der Waals surface area contributed by atoms with E-state index in [2.05, 4.69) is 0 Å². The molecule has 0 aliphatic heterocycles. The van der Waals surface area contributed by atoms with Crippen molar-refractivity contribution in [3.63, 3.8) is 0 Å². The molecule has 230 valence electrons. The highest BCUT2D eigenvalue weighted by molar-refractivity contribution is 5.91. The van der Waals surface area contributed by atoms with Crippen molar-refractivity contribution >= 4 is 17.9 Å². The van der Waals surface area contributed by atoms with Gasteiger partial charge in [-0.1, -0.05) is 0 Å². The van der Waals surface area contributed by atoms with E-state index in [1.54, 1.807) is 4.90 Å². The fourth-order valence-corrected chi connectivity index (χ4v) is 4.21. The standard InChI is InChI=1S/C30H33NO12/c1-39-25-16-18(4-7-22(25)32)29(37)42-14-12-31(11-10-20-21(28(35)36)6-9-24(34)27(20)41-3)13-15-43-30(38)19-5-8-23(33)26(17-19)40-2/h4-9,16-17,32-34H,10-15H2,1-3H3,(H,35,36). The normalized spacial score (nSPS) is 10.7. The summed E-state index contributed by atoms with van der Waals surface area (Å²) in [5.74, 6) is -2.75. The summed E-state index contributed by atoms with van der Waals surface area (Å²) in [6, 6.07) is 10.6. The molecule has 43 heavy (non-hydrogen) atoms. The highest BCUT2D eigenvalue weighted by atomic mass is 16.5. The predicted molar refractivity (Wildman–Crippen MR) is 152 cm³/mol. The molecule has 0 saturated heterocycles. The van der Waals surface area contributed by atoms with E-state index in [1.807, 2.05) is 0 Å². The number of carbonyl (C=O) groups is 3. The molecule has 4 N–H and O–H groups in total. The summed E-state index contributed by atoms with van der Waals surface area (Å²) in [7, 11) is 4.02. The van der Waals surface area contributed by atoms with Crippen LogP contribution in [0.2, 0.25) is 0 Å². The van der Waals surface area contributed by atoms with Crippen LogP contribution in [0, 0.1) is 0 Å². The van der Waals surface area contributed by atoms with Crippen LogP contribution in [0.4, 0.5) is 0 Å². The molecule has 0 atom stereocenters. The van der Waals surface area contributed by atoms with Gasteiger partial charge in [0.1, 0.15) is 13.2 Å². The summed E-state index contributed by atoms with van der Waals surface area (Å²) in [6.45, 7) is 0.418. The summed E-state index contributed by atoms with van der Waals surface area (Å²) >= 11 is 0. The van der Waals surface area contributed by atoms with E-state index in [0.29, 0.717) is 0 Å². The maximum atomic E-state index is 12.6. The van der Waals surface area contributed by atoms with Gasteiger partial charge in [-0.2, -0.15) is 0 Å². The number of aromatic hydroxyl groups is 3. The molecule has 0 fully saturated rings. The van der Waals surface area contributed by atoms with Crippen LogP contribution < -0.4 is 14.2 Å². The topological polar surface area (TPSA) is 182 Å². The number of carboxylic acid groups (broad SMARTS) is 1. The zero-order valence-corrected chi connectivity index (χ0v) is 23.9. The van der Waals surface area contributed by atoms with Crippen molar-refractivity contribution < 1.29 is 58.5 Å². The lowest BCUT2D eigenvalue weighted by molar-refractivity contribution is 0.0395. The van der Waals surface area contributed by atoms with Crippen molar-refractivity contribution in [1.29, 1.82) is 0 Å². The molecule has 0 aliphatic rings. The Kier molecular flexibility index (Phi) is 11.4. The van der Waals surface area contributed by atoms with Crippen LogP contribution in [-0.4, -0.2) is 97.4 Å². The van der Waals surface area contributed by atoms with Gasteiger partial charge in [-0.25, -0.2) is 14.4 Å². The Morgan fingerprint density at radius 3 is 1.60 bits per heavy atom. The van der Waals surface area contributed by atoms with Gasteiger partial charge in [0.25, 0.3) is 0 Å². The molecule has 0 bridgehead atoms. The number of phenolic OH excluding ortho intramolecular Hbond substituents is 3. The fraction of sp³-hybridized carbons (Fsp3) is 0.300. The maximum absolute atomic E-state index is 12.6. The van der Waals surface area contributed by atoms with E-state index in [-0.39, 0.29) is 96.0 Å². The number of benzene rings is 3. The van der Waals surface area contributed by atoms with Crippen LogP contribution in [0.15, 0.2) is 48.5 Å². The number of carbonyl (C=O) groups excluding carboxylic acids is 2. The summed E-state index contributed by atoms with van der Waals surface area (Å²) < 4.78 is 26.1. The van der Waals surface area contributed by atoms with Crippen molar-refractivity contribution in [2.24, 2.45) is 0 Å². The van der Waals surface area contributed by atoms with Gasteiger partial charge < -0.3 is 44.1 Å². The van der Waals surface area contributed by atoms with E-state index < -0.39 is 17.9 Å². The second-order valence-corrected chi connectivity index (χ2v) is 9.09. The lowest BCUT2D eigenvalue weighted by Gasteiger charge is -2.23. The van der Waals surface area contributed by atoms with Crippen LogP contribution in [0.1, 0.15) is 36.6 Å². The van der Waals surface area contributed by atoms with Crippen molar-refractivity contribution in [2.45, 2.75) is 6.42 Å². The number of nitrogens with zero attached hydrogens (tertiary/aromatic N) is 1. The van der Waals surface area contributed by atoms with Crippen LogP contribution in [0.25, 0.3) is 0 Å². The minimum Gasteiger partial charge on any atom is -0.504 e. The third kappa shape index (κ3) is 8.42. The van der Waals surface area contributed by atoms with E-state index in [4.69, 9.17) is 23.7 Å². The fourth-order valence-electron chi connectivity index (χ4n) is 4.21. The van der Waals surface area contributed by atoms with Gasteiger partial charge in [-0.15, -0.1) is 0 Å². The number of ether oxygens (including phenoxy) is 5. The molecule has 0 saturated carbocycles. The lowest BCUT2D eigenvalue weighted by Crippen LogP contribution is -2.34. The van der Waals surface area contributed by atoms with E-state index in [1.165, 1.54) is 69.9 Å². The number of aromatic carboxylic acids is 1. The van der Waals surface area contributed by atoms with Crippen LogP contribution in [-0.2, 0) is 15.9 Å². The first-order chi connectivity index (χ1) is 20.6. The van der Waals surface area contributed by atoms with Gasteiger partial charge in [-0.3, -0.25) is 4.90 Å². The second kappa shape index (κ2) is 15.2. The summed E-state index contributed by atoms with van der Waals surface area (Å²) in [5.41, 5.74) is 0.543. The van der Waals surface area contributed by atoms with Crippen molar-refractivity contribution in [3.8, 4) is 34.5 Å². The molecule has 3 rings (SSSR count). The predicted octanol–water partition coefficient (Wildman–Crippen LogP) is 3.09. The first-order valence-corrected chi connectivity index (χ1v) is 13.0. The number of hydrogen-bond donors (Lipinski definition) is 4. The average molecular weight is 600 g/mol. The number of phenols is 3. The molecule has 13 nitrogen and oxygen atoms in total. The highest BCUT2D eigenvalue weighted by Crippen LogP contribution is 2.33. The Balaban J connectivity index is 1.71. The lowest BCUT2D eigenvalue weighted by atomic mass is 10.0. The molecule has 0 radical (unpaired) electrons. The Morgan fingerprint density at radius 2 is 1.16 bits per heavy atom. The highest BCUT2D eigenvalue weighted by Gasteiger charge is 2.20. The first kappa shape index (κ1) is 32.3. The Hall–Kier alpha value is -5.17. The van der Waals surface area contributed by atoms with Gasteiger partial charge in [0.15, 0.2) is 34.5 Å². The minimum atomic E-state index is -1.20. The average Bonchev–Trinajstić information content (AvgIpc) is 2.99. The summed E-state index contributed by atoms with van der Waals surface area (Å²) in [4.78, 5) is 38.8. The quantitative estimate of drug-likeness (QED) is 0.187. The monoisotopic (exact) mass is 599 g/mol. The van der Waals surface area contributed by atoms with Crippen molar-refractivity contribution in [2.75, 3.05) is 54.2 Å². The van der Waals surface area contributed by atoms with Gasteiger partial charge >= 0.3 is 17.9 Å². The van der Waals surface area contributed by atoms with Gasteiger partial charge in [0.2, 0.25) is 0 Å². The van der Waals surface area contributed by atoms with Crippen molar-refractivity contribution in [3.05, 3.63) is 70.8 Å². The maximum Gasteiger partial charge on any atom is 0.338 e. The molecule has 0 amide bonds. The molecule has 0 heterocycles. The third-order valence-corrected chi connectivity index (χ3v) is 6.46. The number of esters is 2. The first-order valence-electron chi connectivity index (χ1n) is 13.0. The van der Waals surface area contributed by atoms with Gasteiger partial charge in [0, 0.05) is 25.2 Å². The Labute approximate surface area is 247 Å². The SMILES string of the molecule is COc1cc(C(=O)OCCN(CCOC(=O)c2ccc(O)c(OC)c2)CCc2c(C(=O)O)ccc(O)c2OC)ccc1O. The van der Waals surface area contributed by atoms with E-state index in [9.17, 15) is 34.8 Å². The largest absolute Gasteiger partial charge is 0.504 e. The zero-order valence-electron chi connectivity index (χ0n) is 23.9. The van der Waals surface area contributed by atoms with Crippen LogP contribution in [0.3, 0.4) is 0 Å². The molecular weight excluding hydrogens is 566 g/mol. The zero-order chi connectivity index (χ0) is 31.5. The summed E-state index contributed by atoms with van der Waals surface area (Å²) in [6.07, 6.45) is 0.130. The van der Waals surface area contributed by atoms with Gasteiger partial charge in [0.05, 0.1) is 38.0 Å². The number of rotatable bonds is 15. The number of methoxy groups -OCH3 is 3. The van der Waals surface area contributed by atoms with Crippen molar-refractivity contribution in [1.82, 2.24) is 4.90 Å². The smallest absolute Gasteiger partial charge is 0.338 e. The molecule has 0 aromatic heterocycles. The molecule has 3 aromatic rings. The molecule has 0 aliphatic carbocycles. The molecule has 0 spiro atoms. The number of hydrogen-bond acceptors (Lipinski definition) is 12. The van der Waals surface area contributed by atoms with Crippen LogP contribution >= 0.6 is 0 Å². The second-order valence-electron chi connectivity index (χ2n) is 9.09. The summed E-state index contributed by atoms with van der Waals surface area (Å²) in [5, 5.41) is 39.4. The van der Waals surface area contributed by atoms with E-state index >= 15 is 0 Å². The minimum absolute atomic E-state index is 0.0280. The van der Waals surface area contributed by atoms with Crippen LogP contribution in [0.5, 0.6) is 34.5 Å². The third-order valence-electron chi connectivity index (χ3n) is 6.46. The van der Waals surface area contributed by atoms with Gasteiger partial charge in [-0.05, 0) is 55.0 Å². The molecule has 3 aromatic carbocycles. The molecule has 13 heteroatoms. The molecule has 0 unspecified atom stereocenters. The molecular formula is C30H33NO12.